The molecule has 2 heterocycles. The molecule has 0 radical (unpaired) electrons. The Morgan fingerprint density at radius 2 is 1.90 bits per heavy atom. The van der Waals surface area contributed by atoms with Gasteiger partial charge in [-0.2, -0.15) is 0 Å². The zero-order valence-electron chi connectivity index (χ0n) is 17.1. The van der Waals surface area contributed by atoms with Crippen molar-refractivity contribution < 1.29 is 13.2 Å². The van der Waals surface area contributed by atoms with Gasteiger partial charge in [0, 0.05) is 10.9 Å². The summed E-state index contributed by atoms with van der Waals surface area (Å²) >= 11 is 1.50. The Bertz CT molecular complexity index is 1130. The quantitative estimate of drug-likeness (QED) is 0.740. The van der Waals surface area contributed by atoms with Crippen LogP contribution >= 0.6 is 11.8 Å². The second kappa shape index (κ2) is 8.31. The van der Waals surface area contributed by atoms with Gasteiger partial charge in [0.15, 0.2) is 15.0 Å². The fourth-order valence-electron chi connectivity index (χ4n) is 4.58. The highest BCUT2D eigenvalue weighted by atomic mass is 32.2. The van der Waals surface area contributed by atoms with Crippen LogP contribution in [0.15, 0.2) is 53.5 Å². The van der Waals surface area contributed by atoms with Crippen molar-refractivity contribution in [2.45, 2.75) is 43.0 Å². The van der Waals surface area contributed by atoms with Crippen LogP contribution in [-0.2, 0) is 27.5 Å². The Hall–Kier alpha value is -2.32. The van der Waals surface area contributed by atoms with E-state index in [1.165, 1.54) is 22.9 Å². The lowest BCUT2D eigenvalue weighted by molar-refractivity contribution is -0.121. The number of thioether (sulfide) groups is 1. The lowest BCUT2D eigenvalue weighted by Gasteiger charge is -2.26. The molecular formula is C23H25N3O3S2. The van der Waals surface area contributed by atoms with Crippen LogP contribution in [0.1, 0.15) is 35.6 Å². The summed E-state index contributed by atoms with van der Waals surface area (Å²) in [4.78, 5) is 17.1. The number of aryl methyl sites for hydroxylation is 1. The average molecular weight is 456 g/mol. The number of rotatable bonds is 4. The van der Waals surface area contributed by atoms with E-state index in [4.69, 9.17) is 0 Å². The second-order valence-electron chi connectivity index (χ2n) is 8.44. The highest BCUT2D eigenvalue weighted by molar-refractivity contribution is 8.15. The molecule has 6 nitrogen and oxygen atoms in total. The molecule has 1 fully saturated rings. The summed E-state index contributed by atoms with van der Waals surface area (Å²) in [5, 5.41) is 7.27. The van der Waals surface area contributed by atoms with E-state index < -0.39 is 9.84 Å². The summed E-state index contributed by atoms with van der Waals surface area (Å²) < 4.78 is 23.4. The molecule has 0 aromatic heterocycles. The lowest BCUT2D eigenvalue weighted by Crippen LogP contribution is -2.32. The summed E-state index contributed by atoms with van der Waals surface area (Å²) in [6.45, 7) is 0. The predicted molar refractivity (Wildman–Crippen MR) is 125 cm³/mol. The maximum absolute atomic E-state index is 12.6. The fraction of sp³-hybridized carbons (Fsp3) is 0.391. The molecule has 0 unspecified atom stereocenters. The van der Waals surface area contributed by atoms with Gasteiger partial charge in [0.2, 0.25) is 5.91 Å². The summed E-state index contributed by atoms with van der Waals surface area (Å²) in [7, 11) is -2.94. The van der Waals surface area contributed by atoms with Crippen molar-refractivity contribution in [3.8, 4) is 0 Å². The zero-order valence-corrected chi connectivity index (χ0v) is 18.7. The first-order valence-electron chi connectivity index (χ1n) is 10.6. The Balaban J connectivity index is 1.17. The van der Waals surface area contributed by atoms with Gasteiger partial charge in [-0.1, -0.05) is 48.2 Å². The van der Waals surface area contributed by atoms with Crippen molar-refractivity contribution in [3.63, 3.8) is 0 Å². The molecule has 162 valence electrons. The smallest absolute Gasteiger partial charge is 0.224 e. The molecule has 2 aromatic carbocycles. The van der Waals surface area contributed by atoms with Gasteiger partial charge in [-0.3, -0.25) is 9.79 Å². The van der Waals surface area contributed by atoms with E-state index in [1.807, 2.05) is 30.3 Å². The first kappa shape index (κ1) is 20.6. The number of anilines is 1. The van der Waals surface area contributed by atoms with E-state index >= 15 is 0 Å². The number of carbonyl (C=O) groups excluding carboxylic acids is 1. The van der Waals surface area contributed by atoms with Gasteiger partial charge >= 0.3 is 0 Å². The number of amidine groups is 1. The van der Waals surface area contributed by atoms with E-state index in [9.17, 15) is 13.2 Å². The van der Waals surface area contributed by atoms with Gasteiger partial charge in [0.1, 0.15) is 0 Å². The molecule has 8 heteroatoms. The number of nitrogens with one attached hydrogen (secondary N) is 2. The second-order valence-corrected chi connectivity index (χ2v) is 11.8. The molecule has 2 aliphatic heterocycles. The van der Waals surface area contributed by atoms with Gasteiger partial charge in [0.05, 0.1) is 30.0 Å². The van der Waals surface area contributed by atoms with E-state index in [2.05, 4.69) is 33.8 Å². The molecule has 0 bridgehead atoms. The summed E-state index contributed by atoms with van der Waals surface area (Å²) in [6.07, 6.45) is 3.50. The minimum atomic E-state index is -2.94. The summed E-state index contributed by atoms with van der Waals surface area (Å²) in [5.41, 5.74) is 4.42. The first-order chi connectivity index (χ1) is 14.9. The van der Waals surface area contributed by atoms with Crippen LogP contribution < -0.4 is 10.6 Å². The van der Waals surface area contributed by atoms with Crippen LogP contribution in [0.25, 0.3) is 0 Å². The van der Waals surface area contributed by atoms with Gasteiger partial charge in [-0.05, 0) is 48.1 Å². The van der Waals surface area contributed by atoms with Crippen molar-refractivity contribution in [1.29, 1.82) is 0 Å². The Labute approximate surface area is 186 Å². The number of sulfone groups is 1. The summed E-state index contributed by atoms with van der Waals surface area (Å²) in [6, 6.07) is 16.1. The van der Waals surface area contributed by atoms with E-state index in [1.54, 1.807) is 0 Å². The topological polar surface area (TPSA) is 87.6 Å². The standard InChI is InChI=1S/C23H25N3O3S2/c27-22(25-19-7-3-5-16-4-1-2-6-18(16)19)12-15-8-10-17(11-9-15)24-23-26-20-13-31(28,29)14-21(20)30-23/h1-2,4,6,8-11,19-21H,3,5,7,12-14H2,(H,24,26)(H,25,27)/t19-,20+,21+/m0/s1. The number of carbonyl (C=O) groups is 1. The third kappa shape index (κ3) is 4.65. The van der Waals surface area contributed by atoms with Crippen molar-refractivity contribution >= 4 is 38.4 Å². The molecule has 3 aliphatic rings. The molecule has 1 aliphatic carbocycles. The van der Waals surface area contributed by atoms with Crippen molar-refractivity contribution in [2.24, 2.45) is 4.99 Å². The van der Waals surface area contributed by atoms with E-state index in [0.29, 0.717) is 6.42 Å². The summed E-state index contributed by atoms with van der Waals surface area (Å²) in [5.74, 6) is 0.387. The van der Waals surface area contributed by atoms with Crippen LogP contribution in [0.5, 0.6) is 0 Å². The van der Waals surface area contributed by atoms with E-state index in [-0.39, 0.29) is 34.7 Å². The Morgan fingerprint density at radius 3 is 2.71 bits per heavy atom. The predicted octanol–water partition coefficient (Wildman–Crippen LogP) is 3.10. The molecule has 5 rings (SSSR count). The largest absolute Gasteiger partial charge is 0.349 e. The molecule has 2 N–H and O–H groups in total. The molecule has 2 aromatic rings. The fourth-order valence-corrected chi connectivity index (χ4v) is 8.26. The van der Waals surface area contributed by atoms with Crippen molar-refractivity contribution in [1.82, 2.24) is 5.32 Å². The number of hydrogen-bond donors (Lipinski definition) is 2. The average Bonchev–Trinajstić information content (AvgIpc) is 3.22. The molecular weight excluding hydrogens is 430 g/mol. The molecule has 3 atom stereocenters. The number of fused-ring (bicyclic) bond motifs is 2. The Kier molecular flexibility index (Phi) is 5.52. The molecule has 1 saturated heterocycles. The number of nitrogens with zero attached hydrogens (tertiary/aromatic N) is 1. The maximum atomic E-state index is 12.6. The minimum Gasteiger partial charge on any atom is -0.349 e. The van der Waals surface area contributed by atoms with Crippen LogP contribution in [0, 0.1) is 0 Å². The van der Waals surface area contributed by atoms with Crippen LogP contribution in [0.3, 0.4) is 0 Å². The maximum Gasteiger partial charge on any atom is 0.224 e. The van der Waals surface area contributed by atoms with E-state index in [0.717, 1.165) is 35.7 Å². The third-order valence-corrected chi connectivity index (χ3v) is 9.23. The van der Waals surface area contributed by atoms with Crippen LogP contribution in [0.4, 0.5) is 5.69 Å². The highest BCUT2D eigenvalue weighted by Gasteiger charge is 2.42. The molecule has 0 saturated carbocycles. The third-order valence-electron chi connectivity index (χ3n) is 6.09. The number of amides is 1. The zero-order chi connectivity index (χ0) is 21.4. The van der Waals surface area contributed by atoms with Crippen molar-refractivity contribution in [2.75, 3.05) is 16.8 Å². The van der Waals surface area contributed by atoms with Gasteiger partial charge in [-0.15, -0.1) is 0 Å². The molecule has 31 heavy (non-hydrogen) atoms. The van der Waals surface area contributed by atoms with Crippen molar-refractivity contribution in [3.05, 3.63) is 65.2 Å². The normalized spacial score (nSPS) is 25.9. The van der Waals surface area contributed by atoms with Crippen LogP contribution in [-0.4, -0.2) is 42.3 Å². The minimum absolute atomic E-state index is 0.0281. The lowest BCUT2D eigenvalue weighted by atomic mass is 9.87. The SMILES string of the molecule is O=C(Cc1ccc(NC2=N[C@@H]3CS(=O)(=O)C[C@H]3S2)cc1)N[C@H]1CCCc2ccccc21. The monoisotopic (exact) mass is 455 g/mol. The number of hydrogen-bond acceptors (Lipinski definition) is 6. The van der Waals surface area contributed by atoms with Gasteiger partial charge < -0.3 is 10.6 Å². The number of benzene rings is 2. The number of aliphatic imine (C=N–C) groups is 1. The first-order valence-corrected chi connectivity index (χ1v) is 13.3. The van der Waals surface area contributed by atoms with Gasteiger partial charge in [0.25, 0.3) is 0 Å². The van der Waals surface area contributed by atoms with Gasteiger partial charge in [-0.25, -0.2) is 8.42 Å². The Morgan fingerprint density at radius 1 is 1.10 bits per heavy atom. The molecule has 1 amide bonds. The molecule has 0 spiro atoms. The highest BCUT2D eigenvalue weighted by Crippen LogP contribution is 2.34. The van der Waals surface area contributed by atoms with Crippen LogP contribution in [0.2, 0.25) is 0 Å².